The lowest BCUT2D eigenvalue weighted by molar-refractivity contribution is 0.0328. The molecule has 1 saturated carbocycles. The molecule has 3 heteroatoms. The van der Waals surface area contributed by atoms with Crippen LogP contribution >= 0.6 is 11.6 Å². The van der Waals surface area contributed by atoms with Gasteiger partial charge in [0.05, 0.1) is 0 Å². The summed E-state index contributed by atoms with van der Waals surface area (Å²) in [5.41, 5.74) is 1.70. The Bertz CT molecular complexity index is 499. The number of piperidine rings is 1. The Morgan fingerprint density at radius 3 is 2.45 bits per heavy atom. The summed E-state index contributed by atoms with van der Waals surface area (Å²) in [6.07, 6.45) is 8.50. The molecule has 0 aromatic heterocycles. The highest BCUT2D eigenvalue weighted by atomic mass is 35.5. The first-order valence-corrected chi connectivity index (χ1v) is 8.81. The van der Waals surface area contributed by atoms with E-state index in [4.69, 9.17) is 11.6 Å². The fourth-order valence-electron chi connectivity index (χ4n) is 3.79. The summed E-state index contributed by atoms with van der Waals surface area (Å²) in [7, 11) is 2.33. The molecule has 0 spiro atoms. The molecule has 0 radical (unpaired) electrons. The minimum atomic E-state index is 0.347. The third-order valence-corrected chi connectivity index (χ3v) is 5.73. The van der Waals surface area contributed by atoms with Crippen molar-refractivity contribution in [2.75, 3.05) is 20.1 Å². The van der Waals surface area contributed by atoms with Crippen molar-refractivity contribution in [3.8, 4) is 0 Å². The maximum atomic E-state index is 5.97. The zero-order valence-corrected chi connectivity index (χ0v) is 14.4. The first kappa shape index (κ1) is 16.0. The standard InChI is InChI=1S/C19H27ClN2/c1-3-10-19(21(2)18-8-9-18)11-13-22(14-12-19)15-16-4-6-17(20)7-5-16/h3-7,18H,1,8-15H2,2H3. The average Bonchev–Trinajstić information content (AvgIpc) is 3.36. The average molecular weight is 319 g/mol. The first-order valence-electron chi connectivity index (χ1n) is 8.44. The smallest absolute Gasteiger partial charge is 0.0406 e. The number of hydrogen-bond acceptors (Lipinski definition) is 2. The van der Waals surface area contributed by atoms with E-state index < -0.39 is 0 Å². The van der Waals surface area contributed by atoms with E-state index in [-0.39, 0.29) is 0 Å². The van der Waals surface area contributed by atoms with Gasteiger partial charge in [0.15, 0.2) is 0 Å². The van der Waals surface area contributed by atoms with Gasteiger partial charge < -0.3 is 0 Å². The lowest BCUT2D eigenvalue weighted by Crippen LogP contribution is -2.54. The van der Waals surface area contributed by atoms with Crippen molar-refractivity contribution in [3.63, 3.8) is 0 Å². The largest absolute Gasteiger partial charge is 0.299 e. The Morgan fingerprint density at radius 2 is 1.91 bits per heavy atom. The molecule has 0 atom stereocenters. The number of nitrogens with zero attached hydrogens (tertiary/aromatic N) is 2. The summed E-state index contributed by atoms with van der Waals surface area (Å²) in [6.45, 7) is 7.39. The van der Waals surface area contributed by atoms with E-state index in [9.17, 15) is 0 Å². The molecular weight excluding hydrogens is 292 g/mol. The second-order valence-electron chi connectivity index (χ2n) is 6.96. The van der Waals surface area contributed by atoms with E-state index in [1.807, 2.05) is 12.1 Å². The third-order valence-electron chi connectivity index (χ3n) is 5.47. The van der Waals surface area contributed by atoms with Crippen LogP contribution in [0.2, 0.25) is 5.02 Å². The molecule has 0 bridgehead atoms. The van der Waals surface area contributed by atoms with Gasteiger partial charge in [-0.2, -0.15) is 0 Å². The molecule has 0 unspecified atom stereocenters. The maximum absolute atomic E-state index is 5.97. The summed E-state index contributed by atoms with van der Waals surface area (Å²) >= 11 is 5.97. The van der Waals surface area contributed by atoms with E-state index in [1.165, 1.54) is 44.3 Å². The van der Waals surface area contributed by atoms with Crippen molar-refractivity contribution in [1.82, 2.24) is 9.80 Å². The zero-order valence-electron chi connectivity index (χ0n) is 13.6. The second-order valence-corrected chi connectivity index (χ2v) is 7.40. The fourth-order valence-corrected chi connectivity index (χ4v) is 3.92. The molecule has 1 heterocycles. The Kier molecular flexibility index (Phi) is 4.91. The lowest BCUT2D eigenvalue weighted by Gasteiger charge is -2.47. The predicted molar refractivity (Wildman–Crippen MR) is 94.3 cm³/mol. The number of rotatable bonds is 6. The van der Waals surface area contributed by atoms with E-state index in [1.54, 1.807) is 0 Å². The zero-order chi connectivity index (χ0) is 15.6. The quantitative estimate of drug-likeness (QED) is 0.720. The molecule has 22 heavy (non-hydrogen) atoms. The minimum Gasteiger partial charge on any atom is -0.299 e. The number of halogens is 1. The molecule has 1 aliphatic carbocycles. The van der Waals surface area contributed by atoms with Crippen LogP contribution in [0.15, 0.2) is 36.9 Å². The maximum Gasteiger partial charge on any atom is 0.0406 e. The molecule has 2 aliphatic rings. The van der Waals surface area contributed by atoms with Crippen LogP contribution in [0.25, 0.3) is 0 Å². The van der Waals surface area contributed by atoms with Crippen LogP contribution in [0.3, 0.4) is 0 Å². The van der Waals surface area contributed by atoms with Crippen molar-refractivity contribution in [2.45, 2.75) is 50.2 Å². The summed E-state index contributed by atoms with van der Waals surface area (Å²) in [5, 5.41) is 0.818. The van der Waals surface area contributed by atoms with Gasteiger partial charge in [0.1, 0.15) is 0 Å². The van der Waals surface area contributed by atoms with Crippen LogP contribution in [-0.2, 0) is 6.54 Å². The van der Waals surface area contributed by atoms with Crippen molar-refractivity contribution in [2.24, 2.45) is 0 Å². The number of benzene rings is 1. The van der Waals surface area contributed by atoms with Crippen molar-refractivity contribution in [3.05, 3.63) is 47.5 Å². The highest BCUT2D eigenvalue weighted by Crippen LogP contribution is 2.39. The molecule has 1 aromatic carbocycles. The highest BCUT2D eigenvalue weighted by molar-refractivity contribution is 6.30. The third kappa shape index (κ3) is 3.56. The molecule has 2 nitrogen and oxygen atoms in total. The lowest BCUT2D eigenvalue weighted by atomic mass is 9.82. The molecule has 0 amide bonds. The van der Waals surface area contributed by atoms with Crippen LogP contribution in [0.5, 0.6) is 0 Å². The van der Waals surface area contributed by atoms with Gasteiger partial charge in [-0.1, -0.05) is 29.8 Å². The SMILES string of the molecule is C=CCC1(N(C)C2CC2)CCN(Cc2ccc(Cl)cc2)CC1. The van der Waals surface area contributed by atoms with Gasteiger partial charge in [0.2, 0.25) is 0 Å². The van der Waals surface area contributed by atoms with Gasteiger partial charge in [-0.3, -0.25) is 9.80 Å². The van der Waals surface area contributed by atoms with Gasteiger partial charge in [-0.15, -0.1) is 6.58 Å². The van der Waals surface area contributed by atoms with Crippen LogP contribution in [0, 0.1) is 0 Å². The van der Waals surface area contributed by atoms with E-state index in [2.05, 4.69) is 41.6 Å². The minimum absolute atomic E-state index is 0.347. The second kappa shape index (κ2) is 6.74. The Balaban J connectivity index is 1.60. The summed E-state index contributed by atoms with van der Waals surface area (Å²) in [5.74, 6) is 0. The molecule has 1 saturated heterocycles. The van der Waals surface area contributed by atoms with Gasteiger partial charge >= 0.3 is 0 Å². The van der Waals surface area contributed by atoms with E-state index >= 15 is 0 Å². The molecule has 1 aromatic rings. The molecule has 120 valence electrons. The molecule has 3 rings (SSSR count). The Morgan fingerprint density at radius 1 is 1.27 bits per heavy atom. The number of hydrogen-bond donors (Lipinski definition) is 0. The summed E-state index contributed by atoms with van der Waals surface area (Å²) < 4.78 is 0. The highest BCUT2D eigenvalue weighted by Gasteiger charge is 2.42. The molecule has 2 fully saturated rings. The van der Waals surface area contributed by atoms with Crippen molar-refractivity contribution >= 4 is 11.6 Å². The summed E-state index contributed by atoms with van der Waals surface area (Å²) in [6, 6.07) is 9.09. The van der Waals surface area contributed by atoms with Crippen molar-refractivity contribution in [1.29, 1.82) is 0 Å². The fraction of sp³-hybridized carbons (Fsp3) is 0.579. The van der Waals surface area contributed by atoms with E-state index in [0.717, 1.165) is 24.0 Å². The topological polar surface area (TPSA) is 6.48 Å². The molecule has 0 N–H and O–H groups in total. The normalized spacial score (nSPS) is 22.0. The van der Waals surface area contributed by atoms with Crippen LogP contribution in [0.4, 0.5) is 0 Å². The van der Waals surface area contributed by atoms with Gasteiger partial charge in [0.25, 0.3) is 0 Å². The Hall–Kier alpha value is -0.830. The van der Waals surface area contributed by atoms with Gasteiger partial charge in [-0.25, -0.2) is 0 Å². The monoisotopic (exact) mass is 318 g/mol. The van der Waals surface area contributed by atoms with E-state index in [0.29, 0.717) is 5.54 Å². The van der Waals surface area contributed by atoms with Gasteiger partial charge in [-0.05, 0) is 56.8 Å². The van der Waals surface area contributed by atoms with Crippen LogP contribution in [0.1, 0.15) is 37.7 Å². The Labute approximate surface area is 139 Å². The first-order chi connectivity index (χ1) is 10.6. The van der Waals surface area contributed by atoms with Crippen LogP contribution < -0.4 is 0 Å². The van der Waals surface area contributed by atoms with Gasteiger partial charge in [0, 0.05) is 36.2 Å². The number of likely N-dealkylation sites (tertiary alicyclic amines) is 1. The van der Waals surface area contributed by atoms with Crippen LogP contribution in [-0.4, -0.2) is 41.5 Å². The summed E-state index contributed by atoms with van der Waals surface area (Å²) in [4.78, 5) is 5.24. The molecular formula is C19H27ClN2. The molecule has 1 aliphatic heterocycles. The predicted octanol–water partition coefficient (Wildman–Crippen LogP) is 4.34. The van der Waals surface area contributed by atoms with Crippen molar-refractivity contribution < 1.29 is 0 Å².